The summed E-state index contributed by atoms with van der Waals surface area (Å²) < 4.78 is 33.6. The second kappa shape index (κ2) is 7.51. The third-order valence-corrected chi connectivity index (χ3v) is 5.05. The van der Waals surface area contributed by atoms with Crippen LogP contribution in [0.15, 0.2) is 53.4 Å². The Kier molecular flexibility index (Phi) is 5.66. The molecule has 0 saturated carbocycles. The van der Waals surface area contributed by atoms with Gasteiger partial charge in [0.2, 0.25) is 0 Å². The molecular formula is C18H23NO3S. The van der Waals surface area contributed by atoms with Crippen molar-refractivity contribution in [3.8, 4) is 5.75 Å². The van der Waals surface area contributed by atoms with Gasteiger partial charge in [0.1, 0.15) is 5.75 Å². The number of hydrogen-bond donors (Lipinski definition) is 1. The molecule has 2 rings (SSSR count). The van der Waals surface area contributed by atoms with Crippen LogP contribution in [0.1, 0.15) is 32.3 Å². The third kappa shape index (κ3) is 4.48. The maximum absolute atomic E-state index is 12.5. The smallest absolute Gasteiger partial charge is 0.262 e. The topological polar surface area (TPSA) is 55.4 Å². The highest BCUT2D eigenvalue weighted by atomic mass is 32.2. The van der Waals surface area contributed by atoms with E-state index in [0.29, 0.717) is 11.4 Å². The average Bonchev–Trinajstić information content (AvgIpc) is 2.54. The minimum atomic E-state index is -3.63. The Morgan fingerprint density at radius 1 is 1.00 bits per heavy atom. The predicted molar refractivity (Wildman–Crippen MR) is 93.4 cm³/mol. The highest BCUT2D eigenvalue weighted by Gasteiger charge is 2.17. The summed E-state index contributed by atoms with van der Waals surface area (Å²) in [5, 5.41) is 0. The maximum atomic E-state index is 12.5. The van der Waals surface area contributed by atoms with Gasteiger partial charge >= 0.3 is 0 Å². The molecule has 4 nitrogen and oxygen atoms in total. The van der Waals surface area contributed by atoms with E-state index in [-0.39, 0.29) is 11.0 Å². The molecule has 0 atom stereocenters. The summed E-state index contributed by atoms with van der Waals surface area (Å²) in [6.07, 6.45) is 1.81. The third-order valence-electron chi connectivity index (χ3n) is 3.67. The Morgan fingerprint density at radius 3 is 2.22 bits per heavy atom. The van der Waals surface area contributed by atoms with Gasteiger partial charge in [0, 0.05) is 0 Å². The van der Waals surface area contributed by atoms with Crippen molar-refractivity contribution in [1.29, 1.82) is 0 Å². The van der Waals surface area contributed by atoms with Gasteiger partial charge in [-0.25, -0.2) is 8.42 Å². The molecule has 0 heterocycles. The summed E-state index contributed by atoms with van der Waals surface area (Å²) in [6, 6.07) is 13.9. The zero-order valence-electron chi connectivity index (χ0n) is 13.7. The normalized spacial score (nSPS) is 11.5. The maximum Gasteiger partial charge on any atom is 0.262 e. The van der Waals surface area contributed by atoms with Crippen molar-refractivity contribution in [1.82, 2.24) is 0 Å². The lowest BCUT2D eigenvalue weighted by molar-refractivity contribution is 0.194. The van der Waals surface area contributed by atoms with Crippen molar-refractivity contribution < 1.29 is 13.2 Å². The molecule has 1 N–H and O–H groups in total. The molecule has 2 aromatic carbocycles. The first-order valence-corrected chi connectivity index (χ1v) is 9.29. The van der Waals surface area contributed by atoms with Crippen LogP contribution in [0.4, 0.5) is 5.69 Å². The quantitative estimate of drug-likeness (QED) is 0.819. The molecule has 0 saturated heterocycles. The highest BCUT2D eigenvalue weighted by Crippen LogP contribution is 2.28. The van der Waals surface area contributed by atoms with E-state index in [9.17, 15) is 8.42 Å². The van der Waals surface area contributed by atoms with Crippen molar-refractivity contribution in [2.75, 3.05) is 4.72 Å². The number of rotatable bonds is 7. The van der Waals surface area contributed by atoms with Gasteiger partial charge in [0.25, 0.3) is 10.0 Å². The molecule has 0 fully saturated rings. The highest BCUT2D eigenvalue weighted by molar-refractivity contribution is 7.92. The number of aryl methyl sites for hydroxylation is 1. The molecule has 23 heavy (non-hydrogen) atoms. The molecule has 124 valence electrons. The van der Waals surface area contributed by atoms with Crippen LogP contribution >= 0.6 is 0 Å². The molecule has 0 bridgehead atoms. The van der Waals surface area contributed by atoms with E-state index in [0.717, 1.165) is 18.4 Å². The molecule has 0 radical (unpaired) electrons. The molecule has 0 unspecified atom stereocenters. The molecule has 0 aromatic heterocycles. The Balaban J connectivity index is 2.27. The number of benzene rings is 2. The van der Waals surface area contributed by atoms with Gasteiger partial charge in [-0.2, -0.15) is 0 Å². The van der Waals surface area contributed by atoms with Crippen LogP contribution in [0, 0.1) is 6.92 Å². The summed E-state index contributed by atoms with van der Waals surface area (Å²) in [7, 11) is -3.63. The van der Waals surface area contributed by atoms with E-state index in [2.05, 4.69) is 4.72 Å². The van der Waals surface area contributed by atoms with E-state index in [1.54, 1.807) is 42.5 Å². The molecular weight excluding hydrogens is 310 g/mol. The standard InChI is InChI=1S/C18H23NO3S/c1-4-15(5-2)22-18-9-7-6-8-17(18)19-23(20,21)16-12-10-14(3)11-13-16/h6-13,15,19H,4-5H2,1-3H3. The monoisotopic (exact) mass is 333 g/mol. The van der Waals surface area contributed by atoms with Gasteiger partial charge in [-0.3, -0.25) is 4.72 Å². The number of anilines is 1. The minimum Gasteiger partial charge on any atom is -0.488 e. The summed E-state index contributed by atoms with van der Waals surface area (Å²) in [6.45, 7) is 6.02. The van der Waals surface area contributed by atoms with E-state index in [1.807, 2.05) is 26.8 Å². The number of nitrogens with one attached hydrogen (secondary N) is 1. The van der Waals surface area contributed by atoms with Crippen molar-refractivity contribution in [3.05, 3.63) is 54.1 Å². The van der Waals surface area contributed by atoms with Gasteiger partial charge < -0.3 is 4.74 Å². The first-order valence-electron chi connectivity index (χ1n) is 7.81. The van der Waals surface area contributed by atoms with Crippen LogP contribution in [0.3, 0.4) is 0 Å². The molecule has 5 heteroatoms. The lowest BCUT2D eigenvalue weighted by atomic mass is 10.2. The summed E-state index contributed by atoms with van der Waals surface area (Å²) >= 11 is 0. The van der Waals surface area contributed by atoms with Gasteiger partial charge in [-0.15, -0.1) is 0 Å². The number of para-hydroxylation sites is 2. The van der Waals surface area contributed by atoms with Crippen molar-refractivity contribution >= 4 is 15.7 Å². The lowest BCUT2D eigenvalue weighted by Gasteiger charge is -2.19. The van der Waals surface area contributed by atoms with Crippen LogP contribution in [0.25, 0.3) is 0 Å². The summed E-state index contributed by atoms with van der Waals surface area (Å²) in [4.78, 5) is 0.237. The Morgan fingerprint density at radius 2 is 1.61 bits per heavy atom. The van der Waals surface area contributed by atoms with Crippen LogP contribution in [0.5, 0.6) is 5.75 Å². The predicted octanol–water partition coefficient (Wildman–Crippen LogP) is 4.36. The largest absolute Gasteiger partial charge is 0.488 e. The zero-order chi connectivity index (χ0) is 16.9. The molecule has 0 amide bonds. The second-order valence-electron chi connectivity index (χ2n) is 5.47. The number of sulfonamides is 1. The van der Waals surface area contributed by atoms with Crippen molar-refractivity contribution in [2.45, 2.75) is 44.6 Å². The fraction of sp³-hybridized carbons (Fsp3) is 0.333. The van der Waals surface area contributed by atoms with Gasteiger partial charge in [-0.05, 0) is 44.0 Å². The van der Waals surface area contributed by atoms with E-state index >= 15 is 0 Å². The molecule has 0 aliphatic rings. The van der Waals surface area contributed by atoms with Crippen LogP contribution in [-0.4, -0.2) is 14.5 Å². The molecule has 2 aromatic rings. The van der Waals surface area contributed by atoms with Gasteiger partial charge in [-0.1, -0.05) is 43.7 Å². The van der Waals surface area contributed by atoms with Crippen molar-refractivity contribution in [3.63, 3.8) is 0 Å². The first kappa shape index (κ1) is 17.3. The fourth-order valence-electron chi connectivity index (χ4n) is 2.21. The number of ether oxygens (including phenoxy) is 1. The molecule has 0 aliphatic carbocycles. The SMILES string of the molecule is CCC(CC)Oc1ccccc1NS(=O)(=O)c1ccc(C)cc1. The minimum absolute atomic E-state index is 0.0695. The summed E-state index contributed by atoms with van der Waals surface area (Å²) in [5.74, 6) is 0.553. The van der Waals surface area contributed by atoms with E-state index in [4.69, 9.17) is 4.74 Å². The number of hydrogen-bond acceptors (Lipinski definition) is 3. The Labute approximate surface area is 138 Å². The van der Waals surface area contributed by atoms with Crippen LogP contribution in [-0.2, 0) is 10.0 Å². The Hall–Kier alpha value is -2.01. The van der Waals surface area contributed by atoms with Gasteiger partial charge in [0.05, 0.1) is 16.7 Å². The zero-order valence-corrected chi connectivity index (χ0v) is 14.6. The second-order valence-corrected chi connectivity index (χ2v) is 7.15. The Bertz CT molecular complexity index is 735. The molecule has 0 spiro atoms. The van der Waals surface area contributed by atoms with Crippen LogP contribution < -0.4 is 9.46 Å². The lowest BCUT2D eigenvalue weighted by Crippen LogP contribution is -2.17. The van der Waals surface area contributed by atoms with E-state index in [1.165, 1.54) is 0 Å². The first-order chi connectivity index (χ1) is 11.0. The van der Waals surface area contributed by atoms with Crippen LogP contribution in [0.2, 0.25) is 0 Å². The van der Waals surface area contributed by atoms with Gasteiger partial charge in [0.15, 0.2) is 0 Å². The van der Waals surface area contributed by atoms with Crippen molar-refractivity contribution in [2.24, 2.45) is 0 Å². The average molecular weight is 333 g/mol. The van der Waals surface area contributed by atoms with E-state index < -0.39 is 10.0 Å². The molecule has 0 aliphatic heterocycles. The summed E-state index contributed by atoms with van der Waals surface area (Å²) in [5.41, 5.74) is 1.47. The fourth-order valence-corrected chi connectivity index (χ4v) is 3.28.